The summed E-state index contributed by atoms with van der Waals surface area (Å²) < 4.78 is 0. The molecule has 0 aliphatic heterocycles. The van der Waals surface area contributed by atoms with Crippen molar-refractivity contribution in [1.82, 2.24) is 0 Å². The molecule has 0 rings (SSSR count). The molecular formula is H8O5Si2. The zero-order valence-corrected chi connectivity index (χ0v) is 6.09. The van der Waals surface area contributed by atoms with Gasteiger partial charge in [-0.2, -0.15) is 0 Å². The van der Waals surface area contributed by atoms with Crippen molar-refractivity contribution in [2.45, 2.75) is 0 Å². The molecule has 0 aromatic rings. The highest BCUT2D eigenvalue weighted by Gasteiger charge is 1.83. The van der Waals surface area contributed by atoms with Crippen molar-refractivity contribution >= 4 is 19.5 Å². The van der Waals surface area contributed by atoms with Crippen LogP contribution in [0.2, 0.25) is 0 Å². The van der Waals surface area contributed by atoms with Crippen LogP contribution in [-0.2, 0) is 0 Å². The summed E-state index contributed by atoms with van der Waals surface area (Å²) in [6, 6.07) is 0. The van der Waals surface area contributed by atoms with Gasteiger partial charge in [-0.05, 0) is 0 Å². The third kappa shape index (κ3) is 2040. The minimum Gasteiger partial charge on any atom is -0.415 e. The zero-order chi connectivity index (χ0) is 6.28. The summed E-state index contributed by atoms with van der Waals surface area (Å²) in [7, 11) is -4.72. The molecular weight excluding hydrogens is 136 g/mol. The molecule has 0 aromatic carbocycles. The predicted octanol–water partition coefficient (Wildman–Crippen LogP) is -4.35. The average Bonchev–Trinajstić information content (AvgIpc) is 1.33. The van der Waals surface area contributed by atoms with Crippen molar-refractivity contribution in [3.8, 4) is 0 Å². The van der Waals surface area contributed by atoms with Crippen LogP contribution in [-0.4, -0.2) is 43.5 Å². The summed E-state index contributed by atoms with van der Waals surface area (Å²) >= 11 is 0. The van der Waals surface area contributed by atoms with Crippen LogP contribution in [0.4, 0.5) is 0 Å². The lowest BCUT2D eigenvalue weighted by atomic mass is 15.8. The van der Waals surface area contributed by atoms with E-state index in [1.54, 1.807) is 0 Å². The Morgan fingerprint density at radius 2 is 1.00 bits per heavy atom. The normalized spacial score (nSPS) is 7.71. The Hall–Kier alpha value is 0.234. The molecule has 46 valence electrons. The van der Waals surface area contributed by atoms with Crippen LogP contribution >= 0.6 is 0 Å². The number of hydrogen-bond donors (Lipinski definition) is 5. The van der Waals surface area contributed by atoms with E-state index in [0.717, 1.165) is 0 Å². The van der Waals surface area contributed by atoms with E-state index in [2.05, 4.69) is 0 Å². The highest BCUT2D eigenvalue weighted by molar-refractivity contribution is 6.30. The van der Waals surface area contributed by atoms with Gasteiger partial charge in [0, 0.05) is 0 Å². The molecule has 5 N–H and O–H groups in total. The second-order valence-corrected chi connectivity index (χ2v) is 1.46. The first kappa shape index (κ1) is 10.3. The fourth-order valence-corrected chi connectivity index (χ4v) is 0. The van der Waals surface area contributed by atoms with Crippen molar-refractivity contribution in [1.29, 1.82) is 0 Å². The molecule has 5 nitrogen and oxygen atoms in total. The first-order valence-electron chi connectivity index (χ1n) is 1.41. The molecule has 0 aliphatic rings. The monoisotopic (exact) mass is 144 g/mol. The molecule has 0 saturated carbocycles. The number of rotatable bonds is 0. The highest BCUT2D eigenvalue weighted by atomic mass is 28.3. The molecule has 0 heterocycles. The lowest BCUT2D eigenvalue weighted by molar-refractivity contribution is 0.278. The third-order valence-corrected chi connectivity index (χ3v) is 0. The summed E-state index contributed by atoms with van der Waals surface area (Å²) in [5, 5.41) is 0. The Labute approximate surface area is 44.5 Å². The van der Waals surface area contributed by atoms with Gasteiger partial charge in [0.25, 0.3) is 10.0 Å². The van der Waals surface area contributed by atoms with Crippen molar-refractivity contribution in [3.05, 3.63) is 0 Å². The zero-order valence-electron chi connectivity index (χ0n) is 3.52. The SMILES string of the molecule is O[SiH2]O.O[SiH](O)O. The lowest BCUT2D eigenvalue weighted by Gasteiger charge is -1.74. The molecule has 0 fully saturated rings. The van der Waals surface area contributed by atoms with Crippen LogP contribution in [0.25, 0.3) is 0 Å². The van der Waals surface area contributed by atoms with E-state index >= 15 is 0 Å². The summed E-state index contributed by atoms with van der Waals surface area (Å²) in [4.78, 5) is 36.4. The predicted molar refractivity (Wildman–Crippen MR) is 26.8 cm³/mol. The molecule has 7 heavy (non-hydrogen) atoms. The largest absolute Gasteiger partial charge is 0.475 e. The molecule has 0 aliphatic carbocycles. The summed E-state index contributed by atoms with van der Waals surface area (Å²) in [5.41, 5.74) is 0. The van der Waals surface area contributed by atoms with Crippen LogP contribution in [0.1, 0.15) is 0 Å². The van der Waals surface area contributed by atoms with E-state index in [9.17, 15) is 0 Å². The maximum atomic E-state index is 7.31. The second kappa shape index (κ2) is 9.53. The molecule has 0 atom stereocenters. The van der Waals surface area contributed by atoms with Gasteiger partial charge in [-0.1, -0.05) is 0 Å². The van der Waals surface area contributed by atoms with Crippen LogP contribution in [0, 0.1) is 0 Å². The summed E-state index contributed by atoms with van der Waals surface area (Å²) in [5.74, 6) is 0. The van der Waals surface area contributed by atoms with Gasteiger partial charge in [0.1, 0.15) is 0 Å². The van der Waals surface area contributed by atoms with Gasteiger partial charge in [0.2, 0.25) is 0 Å². The Kier molecular flexibility index (Phi) is 14.0. The molecule has 0 bridgehead atoms. The van der Waals surface area contributed by atoms with E-state index in [-0.39, 0.29) is 0 Å². The fraction of sp³-hybridized carbons (Fsp3) is 0. The van der Waals surface area contributed by atoms with E-state index in [1.165, 1.54) is 0 Å². The average molecular weight is 144 g/mol. The maximum absolute atomic E-state index is 7.31. The molecule has 0 aromatic heterocycles. The van der Waals surface area contributed by atoms with Crippen LogP contribution < -0.4 is 0 Å². The van der Waals surface area contributed by atoms with E-state index < -0.39 is 19.5 Å². The third-order valence-electron chi connectivity index (χ3n) is 0. The minimum atomic E-state index is -3.14. The Morgan fingerprint density at radius 3 is 1.00 bits per heavy atom. The van der Waals surface area contributed by atoms with Crippen molar-refractivity contribution in [3.63, 3.8) is 0 Å². The van der Waals surface area contributed by atoms with E-state index in [1.807, 2.05) is 0 Å². The van der Waals surface area contributed by atoms with Gasteiger partial charge < -0.3 is 24.0 Å². The molecule has 0 spiro atoms. The quantitative estimate of drug-likeness (QED) is 0.221. The van der Waals surface area contributed by atoms with Gasteiger partial charge in [0.05, 0.1) is 0 Å². The topological polar surface area (TPSA) is 101 Å². The first-order chi connectivity index (χ1) is 3.15. The summed E-state index contributed by atoms with van der Waals surface area (Å²) in [6.07, 6.45) is 0. The minimum absolute atomic E-state index is 1.58. The molecule has 7 heteroatoms. The van der Waals surface area contributed by atoms with Crippen molar-refractivity contribution < 1.29 is 24.0 Å². The first-order valence-corrected chi connectivity index (χ1v) is 4.22. The Morgan fingerprint density at radius 1 is 1.00 bits per heavy atom. The number of hydrogen-bond acceptors (Lipinski definition) is 5. The molecule has 0 amide bonds. The van der Waals surface area contributed by atoms with Crippen LogP contribution in [0.15, 0.2) is 0 Å². The molecule has 0 unspecified atom stereocenters. The highest BCUT2D eigenvalue weighted by Crippen LogP contribution is 1.40. The molecule has 0 saturated heterocycles. The van der Waals surface area contributed by atoms with Crippen LogP contribution in [0.5, 0.6) is 0 Å². The standard InChI is InChI=1S/H4O3Si.H4O2Si/c1-4(2)3;1-3-2/h1-4H;1-2H,3H2. The Bertz CT molecular complexity index is 17.3. The lowest BCUT2D eigenvalue weighted by Crippen LogP contribution is -2.07. The van der Waals surface area contributed by atoms with Gasteiger partial charge in [0.15, 0.2) is 0 Å². The van der Waals surface area contributed by atoms with Crippen molar-refractivity contribution in [2.75, 3.05) is 0 Å². The Balaban J connectivity index is 0. The maximum Gasteiger partial charge on any atom is 0.475 e. The smallest absolute Gasteiger partial charge is 0.415 e. The van der Waals surface area contributed by atoms with Crippen molar-refractivity contribution in [2.24, 2.45) is 0 Å². The molecule has 0 radical (unpaired) electrons. The van der Waals surface area contributed by atoms with E-state index in [0.29, 0.717) is 0 Å². The van der Waals surface area contributed by atoms with Gasteiger partial charge in [-0.25, -0.2) is 0 Å². The van der Waals surface area contributed by atoms with Gasteiger partial charge in [-0.15, -0.1) is 0 Å². The second-order valence-electron chi connectivity index (χ2n) is 0.488. The summed E-state index contributed by atoms with van der Waals surface area (Å²) in [6.45, 7) is 0. The van der Waals surface area contributed by atoms with Gasteiger partial charge in [-0.3, -0.25) is 0 Å². The van der Waals surface area contributed by atoms with Crippen LogP contribution in [0.3, 0.4) is 0 Å². The van der Waals surface area contributed by atoms with Gasteiger partial charge >= 0.3 is 9.53 Å². The van der Waals surface area contributed by atoms with E-state index in [4.69, 9.17) is 24.0 Å². The fourth-order valence-electron chi connectivity index (χ4n) is 0.